The van der Waals surface area contributed by atoms with Crippen molar-refractivity contribution in [2.45, 2.75) is 32.7 Å². The molecule has 2 aromatic rings. The van der Waals surface area contributed by atoms with E-state index in [-0.39, 0.29) is 11.1 Å². The molecule has 2 rings (SSSR count). The maximum absolute atomic E-state index is 12.0. The molecule has 2 aromatic heterocycles. The van der Waals surface area contributed by atoms with Gasteiger partial charge in [0.25, 0.3) is 0 Å². The molecule has 0 aliphatic rings. The van der Waals surface area contributed by atoms with Crippen molar-refractivity contribution in [1.82, 2.24) is 9.55 Å². The van der Waals surface area contributed by atoms with Crippen LogP contribution >= 0.6 is 27.3 Å². The predicted molar refractivity (Wildman–Crippen MR) is 78.3 cm³/mol. The first-order valence-electron chi connectivity index (χ1n) is 5.66. The molecule has 0 saturated carbocycles. The third-order valence-corrected chi connectivity index (χ3v) is 4.51. The van der Waals surface area contributed by atoms with Gasteiger partial charge in [0.1, 0.15) is 0 Å². The molecule has 0 aliphatic heterocycles. The first-order valence-corrected chi connectivity index (χ1v) is 7.40. The molecule has 96 valence electrons. The Hall–Kier alpha value is -0.940. The highest BCUT2D eigenvalue weighted by Gasteiger charge is 2.16. The molecular weight excluding hydrogens is 312 g/mol. The lowest BCUT2D eigenvalue weighted by Crippen LogP contribution is -2.27. The summed E-state index contributed by atoms with van der Waals surface area (Å²) in [4.78, 5) is 16.1. The van der Waals surface area contributed by atoms with Crippen LogP contribution in [-0.2, 0) is 12.0 Å². The third kappa shape index (κ3) is 2.90. The summed E-state index contributed by atoms with van der Waals surface area (Å²) in [6, 6.07) is 1.92. The molecule has 5 heteroatoms. The van der Waals surface area contributed by atoms with Crippen LogP contribution in [0.4, 0.5) is 0 Å². The Kier molecular flexibility index (Phi) is 3.73. The monoisotopic (exact) mass is 326 g/mol. The zero-order valence-electron chi connectivity index (χ0n) is 10.6. The molecule has 18 heavy (non-hydrogen) atoms. The number of nitrogens with zero attached hydrogens (tertiary/aromatic N) is 2. The summed E-state index contributed by atoms with van der Waals surface area (Å²) >= 11 is 5.09. The van der Waals surface area contributed by atoms with Crippen LogP contribution in [0.15, 0.2) is 32.3 Å². The van der Waals surface area contributed by atoms with Crippen LogP contribution in [-0.4, -0.2) is 9.55 Å². The lowest BCUT2D eigenvalue weighted by molar-refractivity contribution is 0.554. The van der Waals surface area contributed by atoms with E-state index in [0.717, 1.165) is 15.7 Å². The van der Waals surface area contributed by atoms with Gasteiger partial charge in [-0.2, -0.15) is 16.3 Å². The smallest absolute Gasteiger partial charge is 0.295 e. The molecule has 0 spiro atoms. The van der Waals surface area contributed by atoms with E-state index in [1.165, 1.54) is 0 Å². The fraction of sp³-hybridized carbons (Fsp3) is 0.385. The van der Waals surface area contributed by atoms with Crippen LogP contribution in [0.5, 0.6) is 0 Å². The SMILES string of the molecule is CC(C)(C)c1ccn(Cc2cscc2Br)c(=O)n1. The van der Waals surface area contributed by atoms with Crippen LogP contribution in [0.2, 0.25) is 0 Å². The number of thiophene rings is 1. The Morgan fingerprint density at radius 3 is 2.61 bits per heavy atom. The van der Waals surface area contributed by atoms with E-state index < -0.39 is 0 Å². The number of rotatable bonds is 2. The zero-order valence-corrected chi connectivity index (χ0v) is 13.0. The van der Waals surface area contributed by atoms with Gasteiger partial charge in [-0.25, -0.2) is 4.79 Å². The van der Waals surface area contributed by atoms with Gasteiger partial charge >= 0.3 is 5.69 Å². The van der Waals surface area contributed by atoms with Crippen molar-refractivity contribution in [2.75, 3.05) is 0 Å². The van der Waals surface area contributed by atoms with Crippen molar-refractivity contribution >= 4 is 27.3 Å². The summed E-state index contributed by atoms with van der Waals surface area (Å²) in [6.45, 7) is 6.71. The van der Waals surface area contributed by atoms with Gasteiger partial charge in [-0.05, 0) is 32.9 Å². The Balaban J connectivity index is 2.32. The molecule has 3 nitrogen and oxygen atoms in total. The molecule has 0 aromatic carbocycles. The third-order valence-electron chi connectivity index (χ3n) is 2.67. The van der Waals surface area contributed by atoms with Gasteiger partial charge in [-0.15, -0.1) is 0 Å². The zero-order chi connectivity index (χ0) is 13.3. The Morgan fingerprint density at radius 2 is 2.11 bits per heavy atom. The van der Waals surface area contributed by atoms with E-state index in [4.69, 9.17) is 0 Å². The Bertz CT molecular complexity index is 610. The van der Waals surface area contributed by atoms with Crippen molar-refractivity contribution in [3.05, 3.63) is 49.2 Å². The van der Waals surface area contributed by atoms with Crippen LogP contribution in [0, 0.1) is 0 Å². The molecule has 0 saturated heterocycles. The minimum atomic E-state index is -0.194. The van der Waals surface area contributed by atoms with Gasteiger partial charge in [-0.3, -0.25) is 4.57 Å². The number of hydrogen-bond acceptors (Lipinski definition) is 3. The average molecular weight is 327 g/mol. The van der Waals surface area contributed by atoms with Gasteiger partial charge in [0.15, 0.2) is 0 Å². The van der Waals surface area contributed by atoms with E-state index in [2.05, 4.69) is 41.7 Å². The number of aromatic nitrogens is 2. The van der Waals surface area contributed by atoms with E-state index in [1.54, 1.807) is 15.9 Å². The molecule has 0 unspecified atom stereocenters. The predicted octanol–water partition coefficient (Wildman–Crippen LogP) is 3.41. The van der Waals surface area contributed by atoms with Gasteiger partial charge in [0.05, 0.1) is 12.2 Å². The van der Waals surface area contributed by atoms with E-state index in [1.807, 2.05) is 23.0 Å². The lowest BCUT2D eigenvalue weighted by atomic mass is 9.92. The second-order valence-corrected chi connectivity index (χ2v) is 6.82. The first-order chi connectivity index (χ1) is 8.38. The van der Waals surface area contributed by atoms with Crippen molar-refractivity contribution in [3.8, 4) is 0 Å². The van der Waals surface area contributed by atoms with Crippen LogP contribution < -0.4 is 5.69 Å². The fourth-order valence-electron chi connectivity index (χ4n) is 1.57. The van der Waals surface area contributed by atoms with Crippen molar-refractivity contribution in [2.24, 2.45) is 0 Å². The van der Waals surface area contributed by atoms with Crippen LogP contribution in [0.3, 0.4) is 0 Å². The number of halogens is 1. The second-order valence-electron chi connectivity index (χ2n) is 5.22. The molecule has 0 radical (unpaired) electrons. The summed E-state index contributed by atoms with van der Waals surface area (Å²) in [5.74, 6) is 0. The van der Waals surface area contributed by atoms with E-state index in [0.29, 0.717) is 6.54 Å². The quantitative estimate of drug-likeness (QED) is 0.847. The highest BCUT2D eigenvalue weighted by atomic mass is 79.9. The molecular formula is C13H15BrN2OS. The molecule has 0 fully saturated rings. The largest absolute Gasteiger partial charge is 0.348 e. The number of hydrogen-bond donors (Lipinski definition) is 0. The molecule has 0 amide bonds. The highest BCUT2D eigenvalue weighted by molar-refractivity contribution is 9.10. The van der Waals surface area contributed by atoms with Gasteiger partial charge in [0.2, 0.25) is 0 Å². The summed E-state index contributed by atoms with van der Waals surface area (Å²) in [7, 11) is 0. The highest BCUT2D eigenvalue weighted by Crippen LogP contribution is 2.22. The summed E-state index contributed by atoms with van der Waals surface area (Å²) in [6.07, 6.45) is 1.82. The van der Waals surface area contributed by atoms with Gasteiger partial charge in [0, 0.05) is 21.5 Å². The molecule has 0 bridgehead atoms. The van der Waals surface area contributed by atoms with Crippen molar-refractivity contribution < 1.29 is 0 Å². The molecule has 2 heterocycles. The minimum absolute atomic E-state index is 0.0960. The maximum Gasteiger partial charge on any atom is 0.348 e. The Morgan fingerprint density at radius 1 is 1.39 bits per heavy atom. The van der Waals surface area contributed by atoms with Gasteiger partial charge in [-0.1, -0.05) is 20.8 Å². The summed E-state index contributed by atoms with van der Waals surface area (Å²) in [5, 5.41) is 4.05. The summed E-state index contributed by atoms with van der Waals surface area (Å²) in [5.41, 5.74) is 1.64. The topological polar surface area (TPSA) is 34.9 Å². The summed E-state index contributed by atoms with van der Waals surface area (Å²) < 4.78 is 2.67. The molecule has 0 aliphatic carbocycles. The van der Waals surface area contributed by atoms with E-state index in [9.17, 15) is 4.79 Å². The molecule has 0 N–H and O–H groups in total. The Labute approximate surface area is 119 Å². The normalized spacial score (nSPS) is 11.8. The second kappa shape index (κ2) is 4.97. The van der Waals surface area contributed by atoms with Crippen LogP contribution in [0.1, 0.15) is 32.0 Å². The van der Waals surface area contributed by atoms with Crippen molar-refractivity contribution in [3.63, 3.8) is 0 Å². The first kappa shape index (κ1) is 13.5. The van der Waals surface area contributed by atoms with Crippen molar-refractivity contribution in [1.29, 1.82) is 0 Å². The maximum atomic E-state index is 12.0. The molecule has 0 atom stereocenters. The fourth-order valence-corrected chi connectivity index (χ4v) is 2.99. The average Bonchev–Trinajstić information content (AvgIpc) is 2.66. The van der Waals surface area contributed by atoms with Gasteiger partial charge < -0.3 is 0 Å². The standard InChI is InChI=1S/C13H15BrN2OS/c1-13(2,3)11-4-5-16(12(17)15-11)6-9-7-18-8-10(9)14/h4-5,7-8H,6H2,1-3H3. The lowest BCUT2D eigenvalue weighted by Gasteiger charge is -2.17. The van der Waals surface area contributed by atoms with E-state index >= 15 is 0 Å². The van der Waals surface area contributed by atoms with Crippen LogP contribution in [0.25, 0.3) is 0 Å². The minimum Gasteiger partial charge on any atom is -0.295 e.